The normalized spacial score (nSPS) is 18.1. The van der Waals surface area contributed by atoms with E-state index in [4.69, 9.17) is 9.47 Å². The van der Waals surface area contributed by atoms with Crippen molar-refractivity contribution in [2.45, 2.75) is 32.4 Å². The smallest absolute Gasteiger partial charge is 0.339 e. The SMILES string of the molecule is CCN(Cc1ccc(OC)c(C(=O)O)c1)CC1CCCO1. The molecule has 116 valence electrons. The number of methoxy groups -OCH3 is 1. The number of hydrogen-bond acceptors (Lipinski definition) is 4. The summed E-state index contributed by atoms with van der Waals surface area (Å²) in [6.45, 7) is 5.49. The highest BCUT2D eigenvalue weighted by Gasteiger charge is 2.19. The van der Waals surface area contributed by atoms with Crippen molar-refractivity contribution in [1.29, 1.82) is 0 Å². The third-order valence-corrected chi connectivity index (χ3v) is 3.83. The summed E-state index contributed by atoms with van der Waals surface area (Å²) >= 11 is 0. The molecule has 1 heterocycles. The lowest BCUT2D eigenvalue weighted by molar-refractivity contribution is 0.0689. The summed E-state index contributed by atoms with van der Waals surface area (Å²) in [6, 6.07) is 5.33. The van der Waals surface area contributed by atoms with E-state index in [0.29, 0.717) is 11.9 Å². The Labute approximate surface area is 125 Å². The molecule has 1 fully saturated rings. The van der Waals surface area contributed by atoms with Gasteiger partial charge in [0.15, 0.2) is 0 Å². The van der Waals surface area contributed by atoms with Crippen molar-refractivity contribution in [1.82, 2.24) is 4.90 Å². The van der Waals surface area contributed by atoms with Gasteiger partial charge in [-0.3, -0.25) is 4.90 Å². The van der Waals surface area contributed by atoms with Crippen LogP contribution in [0, 0.1) is 0 Å². The summed E-state index contributed by atoms with van der Waals surface area (Å²) in [4.78, 5) is 13.5. The summed E-state index contributed by atoms with van der Waals surface area (Å²) in [5.41, 5.74) is 1.19. The highest BCUT2D eigenvalue weighted by atomic mass is 16.5. The van der Waals surface area contributed by atoms with E-state index in [9.17, 15) is 9.90 Å². The van der Waals surface area contributed by atoms with Gasteiger partial charge in [0.05, 0.1) is 13.2 Å². The molecule has 1 aliphatic heterocycles. The Morgan fingerprint density at radius 2 is 2.33 bits per heavy atom. The Balaban J connectivity index is 2.06. The van der Waals surface area contributed by atoms with Crippen LogP contribution in [0.4, 0.5) is 0 Å². The van der Waals surface area contributed by atoms with Gasteiger partial charge in [-0.2, -0.15) is 0 Å². The maximum Gasteiger partial charge on any atom is 0.339 e. The van der Waals surface area contributed by atoms with Gasteiger partial charge in [-0.15, -0.1) is 0 Å². The van der Waals surface area contributed by atoms with Crippen LogP contribution in [0.15, 0.2) is 18.2 Å². The maximum atomic E-state index is 11.3. The molecule has 1 atom stereocenters. The second-order valence-electron chi connectivity index (χ2n) is 5.30. The van der Waals surface area contributed by atoms with Gasteiger partial charge in [0.25, 0.3) is 0 Å². The van der Waals surface area contributed by atoms with E-state index in [1.54, 1.807) is 12.1 Å². The molecule has 2 rings (SSSR count). The monoisotopic (exact) mass is 293 g/mol. The van der Waals surface area contributed by atoms with E-state index in [0.717, 1.165) is 44.6 Å². The number of carboxylic acids is 1. The lowest BCUT2D eigenvalue weighted by atomic mass is 10.1. The molecule has 5 heteroatoms. The molecule has 0 radical (unpaired) electrons. The van der Waals surface area contributed by atoms with E-state index < -0.39 is 5.97 Å². The molecule has 1 N–H and O–H groups in total. The first-order valence-electron chi connectivity index (χ1n) is 7.38. The highest BCUT2D eigenvalue weighted by molar-refractivity contribution is 5.91. The molecular weight excluding hydrogens is 270 g/mol. The number of hydrogen-bond donors (Lipinski definition) is 1. The van der Waals surface area contributed by atoms with Crippen LogP contribution in [0.1, 0.15) is 35.7 Å². The summed E-state index contributed by atoms with van der Waals surface area (Å²) in [5, 5.41) is 9.23. The van der Waals surface area contributed by atoms with E-state index in [2.05, 4.69) is 11.8 Å². The molecule has 21 heavy (non-hydrogen) atoms. The molecule has 0 aliphatic carbocycles. The predicted octanol–water partition coefficient (Wildman–Crippen LogP) is 2.39. The first-order chi connectivity index (χ1) is 10.1. The van der Waals surface area contributed by atoms with E-state index in [-0.39, 0.29) is 5.56 Å². The van der Waals surface area contributed by atoms with Crippen molar-refractivity contribution in [3.05, 3.63) is 29.3 Å². The standard InChI is InChI=1S/C16H23NO4/c1-3-17(11-13-5-4-8-21-13)10-12-6-7-15(20-2)14(9-12)16(18)19/h6-7,9,13H,3-5,8,10-11H2,1-2H3,(H,18,19). The molecular formula is C16H23NO4. The number of carbonyl (C=O) groups is 1. The van der Waals surface area contributed by atoms with Crippen LogP contribution in [0.3, 0.4) is 0 Å². The third-order valence-electron chi connectivity index (χ3n) is 3.83. The van der Waals surface area contributed by atoms with Crippen LogP contribution in [-0.4, -0.2) is 48.9 Å². The number of carboxylic acid groups (broad SMARTS) is 1. The van der Waals surface area contributed by atoms with E-state index in [1.165, 1.54) is 7.11 Å². The summed E-state index contributed by atoms with van der Waals surface area (Å²) in [5.74, 6) is -0.565. The van der Waals surface area contributed by atoms with Gasteiger partial charge in [-0.05, 0) is 37.1 Å². The fourth-order valence-corrected chi connectivity index (χ4v) is 2.66. The molecule has 0 aromatic heterocycles. The number of rotatable bonds is 7. The molecule has 1 aromatic carbocycles. The van der Waals surface area contributed by atoms with Gasteiger partial charge in [0.1, 0.15) is 11.3 Å². The minimum atomic E-state index is -0.962. The van der Waals surface area contributed by atoms with E-state index >= 15 is 0 Å². The van der Waals surface area contributed by atoms with Crippen molar-refractivity contribution < 1.29 is 19.4 Å². The van der Waals surface area contributed by atoms with E-state index in [1.807, 2.05) is 6.07 Å². The molecule has 0 spiro atoms. The zero-order valence-corrected chi connectivity index (χ0v) is 12.7. The third kappa shape index (κ3) is 4.19. The Bertz CT molecular complexity index is 483. The molecule has 1 saturated heterocycles. The topological polar surface area (TPSA) is 59.0 Å². The number of benzene rings is 1. The van der Waals surface area contributed by atoms with Crippen LogP contribution < -0.4 is 4.74 Å². The lowest BCUT2D eigenvalue weighted by Gasteiger charge is -2.24. The predicted molar refractivity (Wildman–Crippen MR) is 79.9 cm³/mol. The lowest BCUT2D eigenvalue weighted by Crippen LogP contribution is -2.31. The maximum absolute atomic E-state index is 11.3. The fraction of sp³-hybridized carbons (Fsp3) is 0.562. The number of likely N-dealkylation sites (N-methyl/N-ethyl adjacent to an activating group) is 1. The largest absolute Gasteiger partial charge is 0.496 e. The molecule has 0 saturated carbocycles. The van der Waals surface area contributed by atoms with Gasteiger partial charge in [-0.1, -0.05) is 13.0 Å². The Morgan fingerprint density at radius 3 is 2.90 bits per heavy atom. The zero-order valence-electron chi connectivity index (χ0n) is 12.7. The van der Waals surface area contributed by atoms with Gasteiger partial charge in [0, 0.05) is 19.7 Å². The van der Waals surface area contributed by atoms with Crippen LogP contribution in [0.2, 0.25) is 0 Å². The van der Waals surface area contributed by atoms with Gasteiger partial charge < -0.3 is 14.6 Å². The van der Waals surface area contributed by atoms with Crippen molar-refractivity contribution in [2.75, 3.05) is 26.8 Å². The van der Waals surface area contributed by atoms with Crippen molar-refractivity contribution in [2.24, 2.45) is 0 Å². The number of nitrogens with zero attached hydrogens (tertiary/aromatic N) is 1. The van der Waals surface area contributed by atoms with Gasteiger partial charge in [0.2, 0.25) is 0 Å². The first-order valence-corrected chi connectivity index (χ1v) is 7.38. The number of aromatic carboxylic acids is 1. The minimum Gasteiger partial charge on any atom is -0.496 e. The average Bonchev–Trinajstić information content (AvgIpc) is 2.99. The molecule has 0 amide bonds. The van der Waals surface area contributed by atoms with Gasteiger partial charge >= 0.3 is 5.97 Å². The second-order valence-corrected chi connectivity index (χ2v) is 5.30. The highest BCUT2D eigenvalue weighted by Crippen LogP contribution is 2.21. The van der Waals surface area contributed by atoms with Crippen molar-refractivity contribution in [3.8, 4) is 5.75 Å². The first kappa shape index (κ1) is 15.8. The van der Waals surface area contributed by atoms with Gasteiger partial charge in [-0.25, -0.2) is 4.79 Å². The summed E-state index contributed by atoms with van der Waals surface area (Å²) in [7, 11) is 1.48. The van der Waals surface area contributed by atoms with Crippen LogP contribution in [0.5, 0.6) is 5.75 Å². The summed E-state index contributed by atoms with van der Waals surface area (Å²) in [6.07, 6.45) is 2.55. The summed E-state index contributed by atoms with van der Waals surface area (Å²) < 4.78 is 10.8. The number of ether oxygens (including phenoxy) is 2. The quantitative estimate of drug-likeness (QED) is 0.836. The van der Waals surface area contributed by atoms with Crippen molar-refractivity contribution in [3.63, 3.8) is 0 Å². The molecule has 1 unspecified atom stereocenters. The average molecular weight is 293 g/mol. The Hall–Kier alpha value is -1.59. The molecule has 5 nitrogen and oxygen atoms in total. The molecule has 1 aliphatic rings. The fourth-order valence-electron chi connectivity index (χ4n) is 2.66. The van der Waals surface area contributed by atoms with Crippen molar-refractivity contribution >= 4 is 5.97 Å². The minimum absolute atomic E-state index is 0.211. The second kappa shape index (κ2) is 7.43. The molecule has 1 aromatic rings. The Morgan fingerprint density at radius 1 is 1.52 bits per heavy atom. The zero-order chi connectivity index (χ0) is 15.2. The molecule has 0 bridgehead atoms. The van der Waals surface area contributed by atoms with Crippen LogP contribution >= 0.6 is 0 Å². The van der Waals surface area contributed by atoms with Crippen LogP contribution in [-0.2, 0) is 11.3 Å². The Kier molecular flexibility index (Phi) is 5.59. The van der Waals surface area contributed by atoms with Crippen LogP contribution in [0.25, 0.3) is 0 Å².